The maximum absolute atomic E-state index is 9.89. The van der Waals surface area contributed by atoms with E-state index in [2.05, 4.69) is 43.4 Å². The maximum atomic E-state index is 9.89. The Labute approximate surface area is 109 Å². The van der Waals surface area contributed by atoms with Gasteiger partial charge in [-0.25, -0.2) is 0 Å². The molecular weight excluding hydrogens is 226 g/mol. The molecule has 1 aliphatic rings. The van der Waals surface area contributed by atoms with Crippen LogP contribution in [0.5, 0.6) is 0 Å². The van der Waals surface area contributed by atoms with E-state index in [1.165, 1.54) is 11.1 Å². The van der Waals surface area contributed by atoms with E-state index in [4.69, 9.17) is 5.11 Å². The molecule has 1 aliphatic carbocycles. The first-order valence-electron chi connectivity index (χ1n) is 6.50. The summed E-state index contributed by atoms with van der Waals surface area (Å²) in [5, 5.41) is 22.4. The van der Waals surface area contributed by atoms with Crippen LogP contribution in [0.15, 0.2) is 24.3 Å². The smallest absolute Gasteiger partial charge is 0.0973 e. The minimum atomic E-state index is -1.06. The first-order chi connectivity index (χ1) is 8.36. The van der Waals surface area contributed by atoms with Gasteiger partial charge in [-0.3, -0.25) is 0 Å². The summed E-state index contributed by atoms with van der Waals surface area (Å²) in [7, 11) is 0. The van der Waals surface area contributed by atoms with Crippen molar-refractivity contribution in [1.29, 1.82) is 0 Å². The third-order valence-corrected chi connectivity index (χ3v) is 3.82. The highest BCUT2D eigenvalue weighted by Crippen LogP contribution is 2.44. The molecule has 0 aliphatic heterocycles. The van der Waals surface area contributed by atoms with Gasteiger partial charge in [0.15, 0.2) is 0 Å². The van der Waals surface area contributed by atoms with Crippen LogP contribution in [0.4, 0.5) is 0 Å². The summed E-state index contributed by atoms with van der Waals surface area (Å²) in [5.41, 5.74) is 1.77. The fourth-order valence-electron chi connectivity index (χ4n) is 2.75. The molecule has 2 unspecified atom stereocenters. The van der Waals surface area contributed by atoms with Crippen molar-refractivity contribution in [3.63, 3.8) is 0 Å². The number of aliphatic hydroxyl groups is 2. The van der Waals surface area contributed by atoms with E-state index in [1.54, 1.807) is 6.92 Å². The van der Waals surface area contributed by atoms with Crippen molar-refractivity contribution >= 4 is 0 Å². The van der Waals surface area contributed by atoms with E-state index in [0.717, 1.165) is 6.42 Å². The summed E-state index contributed by atoms with van der Waals surface area (Å²) in [6.45, 7) is 6.28. The number of benzene rings is 1. The molecule has 0 radical (unpaired) electrons. The van der Waals surface area contributed by atoms with Gasteiger partial charge < -0.3 is 15.5 Å². The lowest BCUT2D eigenvalue weighted by Gasteiger charge is -2.32. The lowest BCUT2D eigenvalue weighted by atomic mass is 9.85. The molecule has 3 nitrogen and oxygen atoms in total. The standard InChI is InChI=1S/C15H23NO2/c1-14(2)8-11-6-4-5-7-12(11)13(14)16-9-15(3,18)10-17/h4-7,13,16-18H,8-10H2,1-3H3. The van der Waals surface area contributed by atoms with Crippen molar-refractivity contribution < 1.29 is 10.2 Å². The Morgan fingerprint density at radius 3 is 2.72 bits per heavy atom. The zero-order valence-electron chi connectivity index (χ0n) is 11.4. The van der Waals surface area contributed by atoms with Crippen LogP contribution in [0, 0.1) is 5.41 Å². The molecule has 2 atom stereocenters. The van der Waals surface area contributed by atoms with Gasteiger partial charge in [0.1, 0.15) is 0 Å². The lowest BCUT2D eigenvalue weighted by Crippen LogP contribution is -2.44. The van der Waals surface area contributed by atoms with Crippen molar-refractivity contribution in [2.24, 2.45) is 5.41 Å². The second kappa shape index (κ2) is 4.65. The van der Waals surface area contributed by atoms with Gasteiger partial charge in [-0.05, 0) is 29.9 Å². The molecule has 0 amide bonds. The Bertz CT molecular complexity index is 426. The maximum Gasteiger partial charge on any atom is 0.0973 e. The van der Waals surface area contributed by atoms with Gasteiger partial charge in [0.05, 0.1) is 12.2 Å². The fourth-order valence-corrected chi connectivity index (χ4v) is 2.75. The zero-order chi connectivity index (χ0) is 13.4. The average molecular weight is 249 g/mol. The van der Waals surface area contributed by atoms with E-state index < -0.39 is 5.60 Å². The Hall–Kier alpha value is -0.900. The highest BCUT2D eigenvalue weighted by molar-refractivity contribution is 5.37. The number of rotatable bonds is 4. The fraction of sp³-hybridized carbons (Fsp3) is 0.600. The number of nitrogens with one attached hydrogen (secondary N) is 1. The molecule has 1 aromatic rings. The summed E-state index contributed by atoms with van der Waals surface area (Å²) >= 11 is 0. The average Bonchev–Trinajstić information content (AvgIpc) is 2.56. The molecule has 1 aromatic carbocycles. The van der Waals surface area contributed by atoms with Gasteiger partial charge in [0.2, 0.25) is 0 Å². The number of fused-ring (bicyclic) bond motifs is 1. The summed E-state index contributed by atoms with van der Waals surface area (Å²) in [6.07, 6.45) is 1.04. The van der Waals surface area contributed by atoms with Gasteiger partial charge in [-0.1, -0.05) is 38.1 Å². The molecule has 0 saturated carbocycles. The molecule has 0 saturated heterocycles. The zero-order valence-corrected chi connectivity index (χ0v) is 11.4. The quantitative estimate of drug-likeness (QED) is 0.760. The van der Waals surface area contributed by atoms with Crippen LogP contribution >= 0.6 is 0 Å². The van der Waals surface area contributed by atoms with Crippen molar-refractivity contribution in [3.05, 3.63) is 35.4 Å². The highest BCUT2D eigenvalue weighted by atomic mass is 16.3. The monoisotopic (exact) mass is 249 g/mol. The molecule has 0 spiro atoms. The molecule has 100 valence electrons. The van der Waals surface area contributed by atoms with Crippen molar-refractivity contribution in [3.8, 4) is 0 Å². The van der Waals surface area contributed by atoms with Crippen molar-refractivity contribution in [1.82, 2.24) is 5.32 Å². The van der Waals surface area contributed by atoms with Crippen LogP contribution in [-0.4, -0.2) is 29.0 Å². The van der Waals surface area contributed by atoms with Gasteiger partial charge in [-0.2, -0.15) is 0 Å². The van der Waals surface area contributed by atoms with E-state index in [9.17, 15) is 5.11 Å². The van der Waals surface area contributed by atoms with E-state index in [-0.39, 0.29) is 18.1 Å². The molecule has 0 fully saturated rings. The summed E-state index contributed by atoms with van der Waals surface area (Å²) in [6, 6.07) is 8.67. The van der Waals surface area contributed by atoms with Crippen LogP contribution < -0.4 is 5.32 Å². The summed E-state index contributed by atoms with van der Waals surface area (Å²) < 4.78 is 0. The Morgan fingerprint density at radius 2 is 2.06 bits per heavy atom. The first-order valence-corrected chi connectivity index (χ1v) is 6.50. The minimum Gasteiger partial charge on any atom is -0.393 e. The second-order valence-electron chi connectivity index (χ2n) is 6.33. The van der Waals surface area contributed by atoms with E-state index in [1.807, 2.05) is 0 Å². The van der Waals surface area contributed by atoms with Crippen molar-refractivity contribution in [2.45, 2.75) is 38.8 Å². The molecule has 3 N–H and O–H groups in total. The highest BCUT2D eigenvalue weighted by Gasteiger charge is 2.39. The largest absolute Gasteiger partial charge is 0.393 e. The summed E-state index contributed by atoms with van der Waals surface area (Å²) in [5.74, 6) is 0. The molecule has 0 heterocycles. The molecule has 0 bridgehead atoms. The Morgan fingerprint density at radius 1 is 1.39 bits per heavy atom. The van der Waals surface area contributed by atoms with Crippen LogP contribution in [0.25, 0.3) is 0 Å². The molecule has 3 heteroatoms. The van der Waals surface area contributed by atoms with E-state index in [0.29, 0.717) is 6.54 Å². The predicted molar refractivity (Wildman–Crippen MR) is 72.4 cm³/mol. The third-order valence-electron chi connectivity index (χ3n) is 3.82. The van der Waals surface area contributed by atoms with Crippen molar-refractivity contribution in [2.75, 3.05) is 13.2 Å². The van der Waals surface area contributed by atoms with Crippen LogP contribution in [0.1, 0.15) is 37.9 Å². The summed E-state index contributed by atoms with van der Waals surface area (Å²) in [4.78, 5) is 0. The Kier molecular flexibility index (Phi) is 3.49. The number of aliphatic hydroxyl groups excluding tert-OH is 1. The van der Waals surface area contributed by atoms with Crippen LogP contribution in [0.3, 0.4) is 0 Å². The predicted octanol–water partition coefficient (Wildman–Crippen LogP) is 1.64. The SMILES string of the molecule is CC(O)(CO)CNC1c2ccccc2CC1(C)C. The Balaban J connectivity index is 2.16. The van der Waals surface area contributed by atoms with Gasteiger partial charge in [0.25, 0.3) is 0 Å². The third kappa shape index (κ3) is 2.58. The topological polar surface area (TPSA) is 52.5 Å². The van der Waals surface area contributed by atoms with Crippen LogP contribution in [-0.2, 0) is 6.42 Å². The van der Waals surface area contributed by atoms with Gasteiger partial charge in [0, 0.05) is 12.6 Å². The molecule has 2 rings (SSSR count). The normalized spacial score (nSPS) is 24.6. The minimum absolute atomic E-state index is 0.134. The van der Waals surface area contributed by atoms with Gasteiger partial charge in [-0.15, -0.1) is 0 Å². The molecular formula is C15H23NO2. The van der Waals surface area contributed by atoms with Crippen LogP contribution in [0.2, 0.25) is 0 Å². The number of hydrogen-bond acceptors (Lipinski definition) is 3. The number of hydrogen-bond donors (Lipinski definition) is 3. The van der Waals surface area contributed by atoms with Gasteiger partial charge >= 0.3 is 0 Å². The lowest BCUT2D eigenvalue weighted by molar-refractivity contribution is -0.00213. The first kappa shape index (κ1) is 13.5. The van der Waals surface area contributed by atoms with E-state index >= 15 is 0 Å². The molecule has 18 heavy (non-hydrogen) atoms. The second-order valence-corrected chi connectivity index (χ2v) is 6.33. The molecule has 0 aromatic heterocycles.